The molecule has 0 spiro atoms. The van der Waals surface area contributed by atoms with Crippen LogP contribution in [0, 0.1) is 5.92 Å². The fourth-order valence-corrected chi connectivity index (χ4v) is 3.39. The molecule has 9 heteroatoms. The number of hydrogen-bond acceptors (Lipinski definition) is 7. The molecule has 1 atom stereocenters. The van der Waals surface area contributed by atoms with Crippen molar-refractivity contribution in [2.75, 3.05) is 11.5 Å². The van der Waals surface area contributed by atoms with Crippen molar-refractivity contribution < 1.29 is 28.6 Å². The lowest BCUT2D eigenvalue weighted by Gasteiger charge is -2.28. The summed E-state index contributed by atoms with van der Waals surface area (Å²) < 4.78 is 16.2. The summed E-state index contributed by atoms with van der Waals surface area (Å²) >= 11 is 6.55. The van der Waals surface area contributed by atoms with Gasteiger partial charge < -0.3 is 14.2 Å². The minimum Gasteiger partial charge on any atom is -0.465 e. The number of rotatable bonds is 10. The van der Waals surface area contributed by atoms with Crippen LogP contribution < -0.4 is 4.90 Å². The number of imide groups is 1. The molecular formula is C26H41ClN2O6. The van der Waals surface area contributed by atoms with Gasteiger partial charge in [0.05, 0.1) is 11.6 Å². The smallest absolute Gasteiger partial charge is 0.425 e. The predicted octanol–water partition coefficient (Wildman–Crippen LogP) is 7.10. The number of nitrogens with zero attached hydrogens (tertiary/aromatic N) is 2. The van der Waals surface area contributed by atoms with Crippen LogP contribution in [-0.2, 0) is 25.4 Å². The number of ether oxygens (including phenoxy) is 3. The molecule has 0 bridgehead atoms. The zero-order valence-electron chi connectivity index (χ0n) is 22.4. The van der Waals surface area contributed by atoms with Crippen molar-refractivity contribution in [2.24, 2.45) is 5.92 Å². The second kappa shape index (κ2) is 13.7. The van der Waals surface area contributed by atoms with Gasteiger partial charge in [0.2, 0.25) is 0 Å². The Labute approximate surface area is 214 Å². The number of carbonyl (C=O) groups is 3. The number of anilines is 1. The van der Waals surface area contributed by atoms with Gasteiger partial charge in [0, 0.05) is 12.6 Å². The monoisotopic (exact) mass is 512 g/mol. The highest BCUT2D eigenvalue weighted by atomic mass is 35.5. The molecule has 1 unspecified atom stereocenters. The first kappa shape index (κ1) is 30.7. The van der Waals surface area contributed by atoms with Crippen LogP contribution in [0.3, 0.4) is 0 Å². The third kappa shape index (κ3) is 11.3. The minimum absolute atomic E-state index is 0.0615. The summed E-state index contributed by atoms with van der Waals surface area (Å²) in [4.78, 5) is 43.0. The van der Waals surface area contributed by atoms with Crippen LogP contribution in [0.4, 0.5) is 15.4 Å². The van der Waals surface area contributed by atoms with Crippen molar-refractivity contribution in [3.05, 3.63) is 22.8 Å². The van der Waals surface area contributed by atoms with E-state index in [1.165, 1.54) is 6.20 Å². The van der Waals surface area contributed by atoms with Gasteiger partial charge in [-0.1, -0.05) is 44.7 Å². The van der Waals surface area contributed by atoms with Crippen LogP contribution >= 0.6 is 11.6 Å². The third-order valence-corrected chi connectivity index (χ3v) is 5.35. The summed E-state index contributed by atoms with van der Waals surface area (Å²) in [6.07, 6.45) is 4.06. The standard InChI is InChI=1S/C26H41ClN2O6/c1-9-11-12-18(10-2)17-33-20(30)14-13-19-15-16-28-22(21(19)27)29(23(31)34-25(3,4)5)24(32)35-26(6,7)8/h15-16,18H,9-14,17H2,1-8H3. The first-order valence-electron chi connectivity index (χ1n) is 12.2. The normalized spacial score (nSPS) is 12.6. The lowest BCUT2D eigenvalue weighted by atomic mass is 10.0. The molecule has 2 amide bonds. The molecule has 0 N–H and O–H groups in total. The quantitative estimate of drug-likeness (QED) is 0.243. The Kier molecular flexibility index (Phi) is 12.0. The van der Waals surface area contributed by atoms with Crippen LogP contribution in [0.1, 0.15) is 93.1 Å². The second-order valence-corrected chi connectivity index (χ2v) is 10.9. The number of aryl methyl sites for hydroxylation is 1. The van der Waals surface area contributed by atoms with Gasteiger partial charge >= 0.3 is 18.2 Å². The van der Waals surface area contributed by atoms with Gasteiger partial charge in [-0.2, -0.15) is 4.90 Å². The lowest BCUT2D eigenvalue weighted by Crippen LogP contribution is -2.44. The van der Waals surface area contributed by atoms with E-state index < -0.39 is 23.4 Å². The second-order valence-electron chi connectivity index (χ2n) is 10.5. The van der Waals surface area contributed by atoms with Gasteiger partial charge in [-0.3, -0.25) is 4.79 Å². The fraction of sp³-hybridized carbons (Fsp3) is 0.692. The van der Waals surface area contributed by atoms with Crippen LogP contribution in [-0.4, -0.2) is 40.9 Å². The molecule has 1 aromatic heterocycles. The predicted molar refractivity (Wildman–Crippen MR) is 137 cm³/mol. The Hall–Kier alpha value is -2.35. The molecule has 35 heavy (non-hydrogen) atoms. The van der Waals surface area contributed by atoms with Gasteiger partial charge in [-0.15, -0.1) is 0 Å². The van der Waals surface area contributed by atoms with E-state index >= 15 is 0 Å². The Morgan fingerprint density at radius 1 is 1.03 bits per heavy atom. The molecule has 198 valence electrons. The van der Waals surface area contributed by atoms with Gasteiger partial charge in [-0.25, -0.2) is 14.6 Å². The van der Waals surface area contributed by atoms with Gasteiger partial charge in [0.1, 0.15) is 11.2 Å². The van der Waals surface area contributed by atoms with Crippen molar-refractivity contribution >= 4 is 35.6 Å². The minimum atomic E-state index is -0.963. The molecule has 0 aliphatic carbocycles. The highest BCUT2D eigenvalue weighted by Crippen LogP contribution is 2.30. The van der Waals surface area contributed by atoms with E-state index in [0.717, 1.165) is 25.7 Å². The molecule has 1 aromatic rings. The summed E-state index contributed by atoms with van der Waals surface area (Å²) in [5.74, 6) is -0.0941. The first-order chi connectivity index (χ1) is 16.2. The maximum absolute atomic E-state index is 12.9. The molecule has 0 saturated heterocycles. The first-order valence-corrected chi connectivity index (χ1v) is 12.6. The van der Waals surface area contributed by atoms with E-state index in [4.69, 9.17) is 25.8 Å². The zero-order chi connectivity index (χ0) is 26.8. The Morgan fingerprint density at radius 3 is 2.09 bits per heavy atom. The maximum Gasteiger partial charge on any atom is 0.425 e. The molecule has 0 aliphatic rings. The molecule has 1 rings (SSSR count). The highest BCUT2D eigenvalue weighted by molar-refractivity contribution is 6.35. The summed E-state index contributed by atoms with van der Waals surface area (Å²) in [7, 11) is 0. The number of halogens is 1. The molecule has 0 radical (unpaired) electrons. The topological polar surface area (TPSA) is 95.0 Å². The molecule has 0 aliphatic heterocycles. The SMILES string of the molecule is CCCCC(CC)COC(=O)CCc1ccnc(N(C(=O)OC(C)(C)C)C(=O)OC(C)(C)C)c1Cl. The number of amides is 2. The van der Waals surface area contributed by atoms with E-state index in [0.29, 0.717) is 23.0 Å². The van der Waals surface area contributed by atoms with Crippen molar-refractivity contribution in [1.82, 2.24) is 4.98 Å². The van der Waals surface area contributed by atoms with E-state index in [2.05, 4.69) is 18.8 Å². The largest absolute Gasteiger partial charge is 0.465 e. The summed E-state index contributed by atoms with van der Waals surface area (Å²) in [5.41, 5.74) is -1.18. The van der Waals surface area contributed by atoms with E-state index in [9.17, 15) is 14.4 Å². The van der Waals surface area contributed by atoms with Crippen molar-refractivity contribution in [2.45, 2.75) is 105 Å². The van der Waals surface area contributed by atoms with Crippen LogP contribution in [0.15, 0.2) is 12.3 Å². The summed E-state index contributed by atoms with van der Waals surface area (Å²) in [5, 5.41) is 0.0615. The Morgan fingerprint density at radius 2 is 1.60 bits per heavy atom. The molecule has 8 nitrogen and oxygen atoms in total. The van der Waals surface area contributed by atoms with Crippen molar-refractivity contribution in [3.63, 3.8) is 0 Å². The average Bonchev–Trinajstić information content (AvgIpc) is 2.71. The fourth-order valence-electron chi connectivity index (χ4n) is 3.10. The van der Waals surface area contributed by atoms with Crippen molar-refractivity contribution in [3.8, 4) is 0 Å². The Bertz CT molecular complexity index is 832. The maximum atomic E-state index is 12.9. The number of carbonyl (C=O) groups excluding carboxylic acids is 3. The van der Waals surface area contributed by atoms with Crippen molar-refractivity contribution in [1.29, 1.82) is 0 Å². The summed E-state index contributed by atoms with van der Waals surface area (Å²) in [6, 6.07) is 1.64. The van der Waals surface area contributed by atoms with Gasteiger partial charge in [-0.05, 0) is 71.9 Å². The number of hydrogen-bond donors (Lipinski definition) is 0. The van der Waals surface area contributed by atoms with Gasteiger partial charge in [0.15, 0.2) is 5.82 Å². The van der Waals surface area contributed by atoms with E-state index in [1.54, 1.807) is 47.6 Å². The lowest BCUT2D eigenvalue weighted by molar-refractivity contribution is -0.145. The highest BCUT2D eigenvalue weighted by Gasteiger charge is 2.35. The molecule has 0 aromatic carbocycles. The Balaban J connectivity index is 3.03. The number of aromatic nitrogens is 1. The number of pyridine rings is 1. The van der Waals surface area contributed by atoms with Gasteiger partial charge in [0.25, 0.3) is 0 Å². The number of unbranched alkanes of at least 4 members (excludes halogenated alkanes) is 1. The third-order valence-electron chi connectivity index (χ3n) is 4.94. The number of esters is 1. The molecule has 1 heterocycles. The molecular weight excluding hydrogens is 472 g/mol. The van der Waals surface area contributed by atoms with Crippen LogP contribution in [0.2, 0.25) is 5.02 Å². The summed E-state index contributed by atoms with van der Waals surface area (Å²) in [6.45, 7) is 14.7. The van der Waals surface area contributed by atoms with Crippen LogP contribution in [0.5, 0.6) is 0 Å². The zero-order valence-corrected chi connectivity index (χ0v) is 23.2. The molecule has 0 saturated carbocycles. The van der Waals surface area contributed by atoms with E-state index in [1.807, 2.05) is 0 Å². The average molecular weight is 513 g/mol. The van der Waals surface area contributed by atoms with Crippen LogP contribution in [0.25, 0.3) is 0 Å². The molecule has 0 fully saturated rings. The van der Waals surface area contributed by atoms with E-state index in [-0.39, 0.29) is 29.7 Å².